The van der Waals surface area contributed by atoms with Gasteiger partial charge in [0.1, 0.15) is 0 Å². The van der Waals surface area contributed by atoms with Crippen molar-refractivity contribution in [3.8, 4) is 0 Å². The molecule has 3 nitrogen and oxygen atoms in total. The van der Waals surface area contributed by atoms with Crippen molar-refractivity contribution in [2.75, 3.05) is 6.61 Å². The molecule has 0 aromatic heterocycles. The molecule has 1 amide bonds. The lowest BCUT2D eigenvalue weighted by atomic mass is 9.65. The van der Waals surface area contributed by atoms with Gasteiger partial charge in [-0.3, -0.25) is 4.79 Å². The van der Waals surface area contributed by atoms with E-state index in [2.05, 4.69) is 19.6 Å². The van der Waals surface area contributed by atoms with Gasteiger partial charge in [-0.1, -0.05) is 60.5 Å². The Morgan fingerprint density at radius 3 is 2.44 bits per heavy atom. The largest absolute Gasteiger partial charge is 0.394 e. The van der Waals surface area contributed by atoms with E-state index in [1.165, 1.54) is 0 Å². The topological polar surface area (TPSA) is 40.5 Å². The van der Waals surface area contributed by atoms with Crippen molar-refractivity contribution in [3.63, 3.8) is 0 Å². The summed E-state index contributed by atoms with van der Waals surface area (Å²) in [7, 11) is 0. The van der Waals surface area contributed by atoms with Crippen LogP contribution in [0.15, 0.2) is 61.2 Å². The highest BCUT2D eigenvalue weighted by Crippen LogP contribution is 2.55. The van der Waals surface area contributed by atoms with Gasteiger partial charge >= 0.3 is 0 Å². The number of carbonyl (C=O) groups is 1. The second kappa shape index (κ2) is 9.59. The molecule has 4 atom stereocenters. The van der Waals surface area contributed by atoms with Crippen molar-refractivity contribution in [2.45, 2.75) is 57.0 Å². The number of rotatable bonds is 8. The SMILES string of the molecule is C=CC[C@@]1(CC)C[C@H](c2cccc(Cl)c2)[C@@H](c2ccc(Cl)cc2)N([C@H](CO)C2CC2)C1=O. The maximum atomic E-state index is 14.2. The number of aliphatic hydroxyl groups is 1. The Kier molecular flexibility index (Phi) is 7.00. The third-order valence-corrected chi connectivity index (χ3v) is 7.88. The van der Waals surface area contributed by atoms with Crippen molar-refractivity contribution < 1.29 is 9.90 Å². The zero-order valence-corrected chi connectivity index (χ0v) is 20.0. The molecule has 0 unspecified atom stereocenters. The summed E-state index contributed by atoms with van der Waals surface area (Å²) in [4.78, 5) is 16.2. The van der Waals surface area contributed by atoms with Gasteiger partial charge in [-0.15, -0.1) is 6.58 Å². The monoisotopic (exact) mass is 471 g/mol. The predicted molar refractivity (Wildman–Crippen MR) is 131 cm³/mol. The van der Waals surface area contributed by atoms with Crippen LogP contribution in [0.25, 0.3) is 0 Å². The number of likely N-dealkylation sites (tertiary alicyclic amines) is 1. The lowest BCUT2D eigenvalue weighted by Crippen LogP contribution is -2.57. The minimum absolute atomic E-state index is 0.0311. The normalized spacial score (nSPS) is 26.8. The van der Waals surface area contributed by atoms with Crippen molar-refractivity contribution in [1.29, 1.82) is 0 Å². The van der Waals surface area contributed by atoms with Gasteiger partial charge in [-0.25, -0.2) is 0 Å². The molecular formula is C27H31Cl2NO2. The van der Waals surface area contributed by atoms with Crippen LogP contribution < -0.4 is 0 Å². The van der Waals surface area contributed by atoms with E-state index in [-0.39, 0.29) is 30.5 Å². The molecule has 4 rings (SSSR count). The zero-order valence-electron chi connectivity index (χ0n) is 18.5. The maximum absolute atomic E-state index is 14.2. The van der Waals surface area contributed by atoms with E-state index < -0.39 is 5.41 Å². The van der Waals surface area contributed by atoms with E-state index in [9.17, 15) is 9.90 Å². The van der Waals surface area contributed by atoms with Crippen LogP contribution in [-0.2, 0) is 4.79 Å². The average molecular weight is 472 g/mol. The second-order valence-electron chi connectivity index (χ2n) is 9.29. The smallest absolute Gasteiger partial charge is 0.229 e. The number of amides is 1. The van der Waals surface area contributed by atoms with Gasteiger partial charge in [-0.2, -0.15) is 0 Å². The third-order valence-electron chi connectivity index (χ3n) is 7.39. The number of carbonyl (C=O) groups excluding carboxylic acids is 1. The summed E-state index contributed by atoms with van der Waals surface area (Å²) in [5, 5.41) is 11.8. The predicted octanol–water partition coefficient (Wildman–Crippen LogP) is 6.79. The van der Waals surface area contributed by atoms with E-state index in [0.29, 0.717) is 28.8 Å². The van der Waals surface area contributed by atoms with Gasteiger partial charge in [0.25, 0.3) is 0 Å². The zero-order chi connectivity index (χ0) is 22.9. The van der Waals surface area contributed by atoms with Gasteiger partial charge in [0.15, 0.2) is 0 Å². The van der Waals surface area contributed by atoms with Gasteiger partial charge in [0.2, 0.25) is 5.91 Å². The maximum Gasteiger partial charge on any atom is 0.229 e. The van der Waals surface area contributed by atoms with E-state index in [0.717, 1.165) is 30.4 Å². The number of piperidine rings is 1. The van der Waals surface area contributed by atoms with Crippen molar-refractivity contribution in [1.82, 2.24) is 4.90 Å². The quantitative estimate of drug-likeness (QED) is 0.430. The summed E-state index contributed by atoms with van der Waals surface area (Å²) in [5.74, 6) is 0.513. The van der Waals surface area contributed by atoms with Gasteiger partial charge in [0.05, 0.1) is 24.1 Å². The summed E-state index contributed by atoms with van der Waals surface area (Å²) in [5.41, 5.74) is 1.61. The third kappa shape index (κ3) is 4.35. The van der Waals surface area contributed by atoms with Gasteiger partial charge < -0.3 is 10.0 Å². The van der Waals surface area contributed by atoms with Crippen LogP contribution in [0.3, 0.4) is 0 Å². The molecule has 2 fully saturated rings. The first-order chi connectivity index (χ1) is 15.4. The number of halogens is 2. The Morgan fingerprint density at radius 1 is 1.16 bits per heavy atom. The molecule has 2 aliphatic rings. The number of hydrogen-bond donors (Lipinski definition) is 1. The summed E-state index contributed by atoms with van der Waals surface area (Å²) in [6.07, 6.45) is 6.01. The molecule has 32 heavy (non-hydrogen) atoms. The molecule has 1 saturated heterocycles. The highest BCUT2D eigenvalue weighted by molar-refractivity contribution is 6.30. The minimum atomic E-state index is -0.542. The Morgan fingerprint density at radius 2 is 1.88 bits per heavy atom. The van der Waals surface area contributed by atoms with E-state index in [1.807, 2.05) is 53.4 Å². The molecule has 0 radical (unpaired) electrons. The number of aliphatic hydroxyl groups excluding tert-OH is 1. The van der Waals surface area contributed by atoms with Crippen molar-refractivity contribution >= 4 is 29.1 Å². The molecule has 1 saturated carbocycles. The van der Waals surface area contributed by atoms with Crippen LogP contribution in [-0.4, -0.2) is 28.6 Å². The first-order valence-electron chi connectivity index (χ1n) is 11.5. The molecule has 2 aromatic carbocycles. The van der Waals surface area contributed by atoms with Crippen LogP contribution in [0, 0.1) is 11.3 Å². The van der Waals surface area contributed by atoms with E-state index in [4.69, 9.17) is 23.2 Å². The average Bonchev–Trinajstić information content (AvgIpc) is 3.63. The summed E-state index contributed by atoms with van der Waals surface area (Å²) in [6.45, 7) is 6.02. The van der Waals surface area contributed by atoms with E-state index in [1.54, 1.807) is 0 Å². The van der Waals surface area contributed by atoms with Crippen LogP contribution >= 0.6 is 23.2 Å². The number of hydrogen-bond acceptors (Lipinski definition) is 2. The Balaban J connectivity index is 1.91. The molecule has 5 heteroatoms. The molecule has 2 aromatic rings. The molecule has 170 valence electrons. The Bertz CT molecular complexity index is 972. The number of nitrogens with zero attached hydrogens (tertiary/aromatic N) is 1. The first kappa shape index (κ1) is 23.4. The first-order valence-corrected chi connectivity index (χ1v) is 12.2. The molecule has 1 aliphatic carbocycles. The minimum Gasteiger partial charge on any atom is -0.394 e. The van der Waals surface area contributed by atoms with Crippen molar-refractivity contribution in [3.05, 3.63) is 82.4 Å². The second-order valence-corrected chi connectivity index (χ2v) is 10.2. The van der Waals surface area contributed by atoms with Crippen molar-refractivity contribution in [2.24, 2.45) is 11.3 Å². The van der Waals surface area contributed by atoms with Crippen LogP contribution in [0.1, 0.15) is 62.1 Å². The molecule has 0 spiro atoms. The lowest BCUT2D eigenvalue weighted by molar-refractivity contribution is -0.158. The van der Waals surface area contributed by atoms with Gasteiger partial charge in [0, 0.05) is 16.0 Å². The molecule has 1 heterocycles. The van der Waals surface area contributed by atoms with Crippen LogP contribution in [0.5, 0.6) is 0 Å². The van der Waals surface area contributed by atoms with Crippen LogP contribution in [0.2, 0.25) is 10.0 Å². The summed E-state index contributed by atoms with van der Waals surface area (Å²) in [6, 6.07) is 15.4. The molecule has 0 bridgehead atoms. The van der Waals surface area contributed by atoms with Gasteiger partial charge in [-0.05, 0) is 73.4 Å². The summed E-state index contributed by atoms with van der Waals surface area (Å²) < 4.78 is 0. The number of allylic oxidation sites excluding steroid dienone is 1. The number of benzene rings is 2. The highest BCUT2D eigenvalue weighted by Gasteiger charge is 2.54. The fourth-order valence-electron chi connectivity index (χ4n) is 5.49. The Hall–Kier alpha value is -1.81. The van der Waals surface area contributed by atoms with Crippen LogP contribution in [0.4, 0.5) is 0 Å². The molecular weight excluding hydrogens is 441 g/mol. The lowest BCUT2D eigenvalue weighted by Gasteiger charge is -2.53. The highest BCUT2D eigenvalue weighted by atomic mass is 35.5. The van der Waals surface area contributed by atoms with E-state index >= 15 is 0 Å². The molecule has 1 aliphatic heterocycles. The standard InChI is InChI=1S/C27H31Cl2NO2/c1-3-14-27(4-2)16-23(20-6-5-7-22(29)15-20)25(19-10-12-21(28)13-11-19)30(26(27)32)24(17-31)18-8-9-18/h3,5-7,10-13,15,18,23-25,31H,1,4,8-9,14,16-17H2,2H3/t23-,24-,25-,27+/m1/s1. The Labute approximate surface area is 201 Å². The fourth-order valence-corrected chi connectivity index (χ4v) is 5.82. The fraction of sp³-hybridized carbons (Fsp3) is 0.444. The molecule has 1 N–H and O–H groups in total. The summed E-state index contributed by atoms with van der Waals surface area (Å²) >= 11 is 12.6.